The second-order valence-electron chi connectivity index (χ2n) is 7.62. The van der Waals surface area contributed by atoms with Crippen molar-refractivity contribution in [3.63, 3.8) is 0 Å². The Morgan fingerprint density at radius 2 is 1.92 bits per heavy atom. The molecular formula is C19H32N6O. The largest absolute Gasteiger partial charge is 0.355 e. The summed E-state index contributed by atoms with van der Waals surface area (Å²) in [5.74, 6) is 1.81. The molecule has 1 aromatic heterocycles. The van der Waals surface area contributed by atoms with Crippen LogP contribution < -0.4 is 16.0 Å². The molecule has 1 atom stereocenters. The molecular weight excluding hydrogens is 328 g/mol. The van der Waals surface area contributed by atoms with E-state index in [1.165, 1.54) is 0 Å². The molecule has 2 saturated heterocycles. The first-order valence-corrected chi connectivity index (χ1v) is 9.85. The van der Waals surface area contributed by atoms with Gasteiger partial charge in [0.15, 0.2) is 0 Å². The smallest absolute Gasteiger partial charge is 0.291 e. The molecule has 0 aliphatic carbocycles. The van der Waals surface area contributed by atoms with Gasteiger partial charge in [0.05, 0.1) is 0 Å². The Morgan fingerprint density at radius 1 is 1.19 bits per heavy atom. The fraction of sp³-hybridized carbons (Fsp3) is 0.737. The van der Waals surface area contributed by atoms with Gasteiger partial charge in [-0.25, -0.2) is 9.97 Å². The summed E-state index contributed by atoms with van der Waals surface area (Å²) in [6.45, 7) is 11.4. The van der Waals surface area contributed by atoms with Crippen LogP contribution in [0, 0.1) is 19.8 Å². The van der Waals surface area contributed by atoms with Crippen LogP contribution >= 0.6 is 0 Å². The lowest BCUT2D eigenvalue weighted by Crippen LogP contribution is -2.41. The maximum absolute atomic E-state index is 13.0. The number of likely N-dealkylation sites (tertiary alicyclic amines) is 1. The van der Waals surface area contributed by atoms with Gasteiger partial charge in [0.1, 0.15) is 5.82 Å². The van der Waals surface area contributed by atoms with Gasteiger partial charge >= 0.3 is 0 Å². The Morgan fingerprint density at radius 3 is 2.54 bits per heavy atom. The monoisotopic (exact) mass is 360 g/mol. The number of nitrogens with zero attached hydrogens (tertiary/aromatic N) is 4. The molecule has 2 fully saturated rings. The van der Waals surface area contributed by atoms with Crippen LogP contribution in [0.2, 0.25) is 0 Å². The first kappa shape index (κ1) is 19.0. The van der Waals surface area contributed by atoms with Crippen molar-refractivity contribution in [1.29, 1.82) is 0 Å². The SMILES string of the molecule is CCNCC1CCN(C(=O)c2nc(C)c(C)c(N3CC[C@@H](N)C3)n2)CC1. The highest BCUT2D eigenvalue weighted by Crippen LogP contribution is 2.24. The van der Waals surface area contributed by atoms with E-state index in [4.69, 9.17) is 5.73 Å². The molecule has 7 nitrogen and oxygen atoms in total. The number of aryl methyl sites for hydroxylation is 1. The normalized spacial score (nSPS) is 21.5. The Labute approximate surface area is 156 Å². The van der Waals surface area contributed by atoms with E-state index in [0.29, 0.717) is 11.7 Å². The van der Waals surface area contributed by atoms with Crippen molar-refractivity contribution >= 4 is 11.7 Å². The molecule has 3 N–H and O–H groups in total. The summed E-state index contributed by atoms with van der Waals surface area (Å²) < 4.78 is 0. The topological polar surface area (TPSA) is 87.4 Å². The van der Waals surface area contributed by atoms with Gasteiger partial charge < -0.3 is 20.9 Å². The van der Waals surface area contributed by atoms with Crippen molar-refractivity contribution in [3.8, 4) is 0 Å². The van der Waals surface area contributed by atoms with Crippen LogP contribution in [0.4, 0.5) is 5.82 Å². The fourth-order valence-corrected chi connectivity index (χ4v) is 3.83. The number of amides is 1. The highest BCUT2D eigenvalue weighted by atomic mass is 16.2. The van der Waals surface area contributed by atoms with Crippen LogP contribution in [-0.2, 0) is 0 Å². The Bertz CT molecular complexity index is 641. The number of aromatic nitrogens is 2. The first-order valence-electron chi connectivity index (χ1n) is 9.85. The number of hydrogen-bond acceptors (Lipinski definition) is 6. The van der Waals surface area contributed by atoms with Gasteiger partial charge in [-0.15, -0.1) is 0 Å². The standard InChI is InChI=1S/C19H32N6O/c1-4-21-11-15-5-8-24(9-6-15)19(26)17-22-14(3)13(2)18(23-17)25-10-7-16(20)12-25/h15-16,21H,4-12,20H2,1-3H3/t16-/m1/s1. The van der Waals surface area contributed by atoms with Gasteiger partial charge in [-0.3, -0.25) is 4.79 Å². The molecule has 0 spiro atoms. The van der Waals surface area contributed by atoms with Crippen LogP contribution in [0.3, 0.4) is 0 Å². The van der Waals surface area contributed by atoms with Crippen molar-refractivity contribution in [2.75, 3.05) is 44.2 Å². The quantitative estimate of drug-likeness (QED) is 0.817. The number of hydrogen-bond donors (Lipinski definition) is 2. The zero-order chi connectivity index (χ0) is 18.7. The summed E-state index contributed by atoms with van der Waals surface area (Å²) in [6.07, 6.45) is 3.04. The highest BCUT2D eigenvalue weighted by Gasteiger charge is 2.28. The summed E-state index contributed by atoms with van der Waals surface area (Å²) in [5, 5.41) is 3.41. The minimum Gasteiger partial charge on any atom is -0.355 e. The molecule has 0 bridgehead atoms. The molecule has 3 heterocycles. The lowest BCUT2D eigenvalue weighted by molar-refractivity contribution is 0.0677. The predicted octanol–water partition coefficient (Wildman–Crippen LogP) is 1.09. The third-order valence-corrected chi connectivity index (χ3v) is 5.66. The third-order valence-electron chi connectivity index (χ3n) is 5.66. The van der Waals surface area contributed by atoms with Gasteiger partial charge in [-0.2, -0.15) is 0 Å². The molecule has 0 saturated carbocycles. The van der Waals surface area contributed by atoms with Crippen molar-refractivity contribution < 1.29 is 4.79 Å². The fourth-order valence-electron chi connectivity index (χ4n) is 3.83. The number of carbonyl (C=O) groups excluding carboxylic acids is 1. The summed E-state index contributed by atoms with van der Waals surface area (Å²) >= 11 is 0. The van der Waals surface area contributed by atoms with Crippen molar-refractivity contribution in [3.05, 3.63) is 17.1 Å². The van der Waals surface area contributed by atoms with E-state index >= 15 is 0 Å². The summed E-state index contributed by atoms with van der Waals surface area (Å²) in [5.41, 5.74) is 7.97. The molecule has 0 radical (unpaired) electrons. The summed E-state index contributed by atoms with van der Waals surface area (Å²) in [4.78, 5) is 26.2. The molecule has 7 heteroatoms. The minimum absolute atomic E-state index is 0.0419. The van der Waals surface area contributed by atoms with Gasteiger partial charge in [0.25, 0.3) is 5.91 Å². The first-order chi connectivity index (χ1) is 12.5. The highest BCUT2D eigenvalue weighted by molar-refractivity contribution is 5.91. The number of anilines is 1. The molecule has 3 rings (SSSR count). The van der Waals surface area contributed by atoms with Crippen LogP contribution in [0.25, 0.3) is 0 Å². The molecule has 0 aromatic carbocycles. The van der Waals surface area contributed by atoms with Crippen molar-refractivity contribution in [2.45, 2.75) is 46.1 Å². The van der Waals surface area contributed by atoms with Crippen LogP contribution in [-0.4, -0.2) is 66.1 Å². The van der Waals surface area contributed by atoms with E-state index in [9.17, 15) is 4.79 Å². The molecule has 0 unspecified atom stereocenters. The lowest BCUT2D eigenvalue weighted by Gasteiger charge is -2.32. The van der Waals surface area contributed by atoms with E-state index in [-0.39, 0.29) is 11.9 Å². The number of nitrogens with one attached hydrogen (secondary N) is 1. The maximum Gasteiger partial charge on any atom is 0.291 e. The second-order valence-corrected chi connectivity index (χ2v) is 7.62. The molecule has 2 aliphatic rings. The van der Waals surface area contributed by atoms with Crippen LogP contribution in [0.1, 0.15) is 48.1 Å². The van der Waals surface area contributed by atoms with E-state index in [0.717, 1.165) is 75.6 Å². The Hall–Kier alpha value is -1.73. The van der Waals surface area contributed by atoms with Crippen molar-refractivity contribution in [1.82, 2.24) is 20.2 Å². The number of piperidine rings is 1. The summed E-state index contributed by atoms with van der Waals surface area (Å²) in [6, 6.07) is 0.180. The van der Waals surface area contributed by atoms with Crippen LogP contribution in [0.15, 0.2) is 0 Å². The van der Waals surface area contributed by atoms with Gasteiger partial charge in [0.2, 0.25) is 5.82 Å². The Kier molecular flexibility index (Phi) is 6.09. The van der Waals surface area contributed by atoms with Crippen molar-refractivity contribution in [2.24, 2.45) is 11.7 Å². The van der Waals surface area contributed by atoms with E-state index < -0.39 is 0 Å². The zero-order valence-electron chi connectivity index (χ0n) is 16.3. The van der Waals surface area contributed by atoms with E-state index in [1.807, 2.05) is 18.7 Å². The number of carbonyl (C=O) groups is 1. The average Bonchev–Trinajstić information content (AvgIpc) is 3.08. The third kappa shape index (κ3) is 4.15. The average molecular weight is 361 g/mol. The molecule has 1 amide bonds. The zero-order valence-corrected chi connectivity index (χ0v) is 16.3. The van der Waals surface area contributed by atoms with Gasteiger partial charge in [-0.1, -0.05) is 6.92 Å². The number of rotatable bonds is 5. The lowest BCUT2D eigenvalue weighted by atomic mass is 9.96. The molecule has 144 valence electrons. The van der Waals surface area contributed by atoms with Gasteiger partial charge in [0, 0.05) is 43.5 Å². The maximum atomic E-state index is 13.0. The van der Waals surface area contributed by atoms with Crippen LogP contribution in [0.5, 0.6) is 0 Å². The van der Waals surface area contributed by atoms with Gasteiger partial charge in [-0.05, 0) is 52.1 Å². The van der Waals surface area contributed by atoms with E-state index in [1.54, 1.807) is 0 Å². The minimum atomic E-state index is -0.0419. The Balaban J connectivity index is 1.71. The molecule has 1 aromatic rings. The predicted molar refractivity (Wildman–Crippen MR) is 103 cm³/mol. The summed E-state index contributed by atoms with van der Waals surface area (Å²) in [7, 11) is 0. The molecule has 26 heavy (non-hydrogen) atoms. The van der Waals surface area contributed by atoms with E-state index in [2.05, 4.69) is 27.1 Å². The second kappa shape index (κ2) is 8.31. The number of nitrogens with two attached hydrogens (primary N) is 1. The molecule has 2 aliphatic heterocycles.